The minimum atomic E-state index is 1.17. The van der Waals surface area contributed by atoms with Gasteiger partial charge in [-0.2, -0.15) is 0 Å². The van der Waals surface area contributed by atoms with Crippen LogP contribution in [-0.4, -0.2) is 11.2 Å². The number of aromatic amines is 1. The van der Waals surface area contributed by atoms with Crippen molar-refractivity contribution in [1.82, 2.24) is 4.98 Å². The first kappa shape index (κ1) is 13.5. The molecule has 1 aliphatic heterocycles. The second kappa shape index (κ2) is 5.32. The topological polar surface area (TPSA) is 29.8 Å². The van der Waals surface area contributed by atoms with E-state index in [0.717, 1.165) is 0 Å². The smallest absolute Gasteiger partial charge is 0.211 e. The quantitative estimate of drug-likeness (QED) is 0.558. The molecule has 0 amide bonds. The van der Waals surface area contributed by atoms with Crippen molar-refractivity contribution in [3.63, 3.8) is 0 Å². The Bertz CT molecular complexity index is 1100. The standard InChI is InChI=1S/C21H14N2S/c1-3-8-18-14(6-1)16(12-22-18)21(20-10-5-11-24-20)17-13-23-19-9-4-2-7-15(17)19/h1-13,22H/p+1/b21-17-. The Kier molecular flexibility index (Phi) is 3.00. The van der Waals surface area contributed by atoms with Gasteiger partial charge in [-0.25, -0.2) is 4.99 Å². The molecule has 5 rings (SSSR count). The summed E-state index contributed by atoms with van der Waals surface area (Å²) in [5, 5.41) is 3.39. The van der Waals surface area contributed by atoms with E-state index in [1.807, 2.05) is 0 Å². The molecular formula is C21H15N2S+. The molecule has 0 saturated carbocycles. The Balaban J connectivity index is 1.86. The van der Waals surface area contributed by atoms with Crippen LogP contribution < -0.4 is 4.99 Å². The van der Waals surface area contributed by atoms with Crippen LogP contribution in [0.1, 0.15) is 16.0 Å². The van der Waals surface area contributed by atoms with Gasteiger partial charge in [-0.3, -0.25) is 0 Å². The van der Waals surface area contributed by atoms with Crippen LogP contribution in [0.3, 0.4) is 0 Å². The van der Waals surface area contributed by atoms with Crippen LogP contribution in [0.4, 0.5) is 5.69 Å². The SMILES string of the molecule is C1=[NH+]c2ccccc2/C1=C(\c1cccs1)c1c[nH]c2ccccc12. The number of para-hydroxylation sites is 2. The largest absolute Gasteiger partial charge is 0.361 e. The van der Waals surface area contributed by atoms with Crippen LogP contribution in [0.25, 0.3) is 22.0 Å². The fourth-order valence-corrected chi connectivity index (χ4v) is 4.19. The first-order valence-electron chi connectivity index (χ1n) is 7.95. The molecule has 0 fully saturated rings. The lowest BCUT2D eigenvalue weighted by molar-refractivity contribution is -0.342. The molecule has 2 N–H and O–H groups in total. The van der Waals surface area contributed by atoms with Gasteiger partial charge in [-0.1, -0.05) is 36.4 Å². The number of rotatable bonds is 2. The zero-order chi connectivity index (χ0) is 15.9. The number of nitrogens with one attached hydrogen (secondary N) is 2. The highest BCUT2D eigenvalue weighted by atomic mass is 32.1. The molecule has 2 nitrogen and oxygen atoms in total. The summed E-state index contributed by atoms with van der Waals surface area (Å²) in [5.41, 5.74) is 7.37. The minimum absolute atomic E-state index is 1.17. The third-order valence-corrected chi connectivity index (χ3v) is 5.37. The predicted octanol–water partition coefficient (Wildman–Crippen LogP) is 3.99. The van der Waals surface area contributed by atoms with Gasteiger partial charge in [-0.05, 0) is 23.6 Å². The Morgan fingerprint density at radius 3 is 2.71 bits per heavy atom. The fourth-order valence-electron chi connectivity index (χ4n) is 3.39. The van der Waals surface area contributed by atoms with Gasteiger partial charge in [0.2, 0.25) is 5.69 Å². The van der Waals surface area contributed by atoms with Gasteiger partial charge in [0.25, 0.3) is 0 Å². The Morgan fingerprint density at radius 1 is 0.917 bits per heavy atom. The van der Waals surface area contributed by atoms with E-state index < -0.39 is 0 Å². The molecule has 0 saturated heterocycles. The molecule has 2 aromatic carbocycles. The summed E-state index contributed by atoms with van der Waals surface area (Å²) >= 11 is 1.78. The van der Waals surface area contributed by atoms with Crippen LogP contribution in [0.15, 0.2) is 72.2 Å². The molecule has 24 heavy (non-hydrogen) atoms. The van der Waals surface area contributed by atoms with Gasteiger partial charge in [0.05, 0.1) is 11.1 Å². The highest BCUT2D eigenvalue weighted by Crippen LogP contribution is 2.38. The lowest BCUT2D eigenvalue weighted by Gasteiger charge is -2.07. The Labute approximate surface area is 143 Å². The van der Waals surface area contributed by atoms with Gasteiger partial charge in [0.15, 0.2) is 6.21 Å². The maximum absolute atomic E-state index is 3.41. The van der Waals surface area contributed by atoms with E-state index in [-0.39, 0.29) is 0 Å². The average molecular weight is 327 g/mol. The summed E-state index contributed by atoms with van der Waals surface area (Å²) < 4.78 is 0. The molecule has 1 aliphatic rings. The molecule has 0 atom stereocenters. The molecule has 3 heteroatoms. The fraction of sp³-hybridized carbons (Fsp3) is 0. The van der Waals surface area contributed by atoms with Crippen molar-refractivity contribution < 1.29 is 4.99 Å². The van der Waals surface area contributed by atoms with Crippen molar-refractivity contribution in [2.24, 2.45) is 0 Å². The third kappa shape index (κ3) is 1.99. The van der Waals surface area contributed by atoms with Crippen LogP contribution >= 0.6 is 11.3 Å². The van der Waals surface area contributed by atoms with Gasteiger partial charge in [0, 0.05) is 39.2 Å². The number of fused-ring (bicyclic) bond motifs is 2. The number of hydrogen-bond donors (Lipinski definition) is 2. The average Bonchev–Trinajstić information content (AvgIpc) is 3.36. The molecule has 4 aromatic rings. The van der Waals surface area contributed by atoms with Gasteiger partial charge >= 0.3 is 0 Å². The Morgan fingerprint density at radius 2 is 1.79 bits per heavy atom. The summed E-state index contributed by atoms with van der Waals surface area (Å²) in [5.74, 6) is 0. The van der Waals surface area contributed by atoms with Gasteiger partial charge < -0.3 is 4.98 Å². The van der Waals surface area contributed by atoms with Gasteiger partial charge in [0.1, 0.15) is 0 Å². The molecule has 0 bridgehead atoms. The first-order valence-corrected chi connectivity index (χ1v) is 8.83. The molecule has 0 radical (unpaired) electrons. The van der Waals surface area contributed by atoms with Crippen molar-refractivity contribution in [3.8, 4) is 0 Å². The van der Waals surface area contributed by atoms with E-state index in [9.17, 15) is 0 Å². The van der Waals surface area contributed by atoms with Gasteiger partial charge in [-0.15, -0.1) is 11.3 Å². The van der Waals surface area contributed by atoms with E-state index in [0.29, 0.717) is 0 Å². The number of benzene rings is 2. The van der Waals surface area contributed by atoms with Crippen LogP contribution in [0.5, 0.6) is 0 Å². The summed E-state index contributed by atoms with van der Waals surface area (Å²) in [6, 6.07) is 21.3. The highest BCUT2D eigenvalue weighted by Gasteiger charge is 2.25. The Hall–Kier alpha value is -2.91. The first-order chi connectivity index (χ1) is 11.9. The molecule has 0 aliphatic carbocycles. The molecule has 114 valence electrons. The van der Waals surface area contributed by atoms with Crippen LogP contribution in [0, 0.1) is 0 Å². The third-order valence-electron chi connectivity index (χ3n) is 4.48. The number of allylic oxidation sites excluding steroid dienone is 1. The normalized spacial score (nSPS) is 15.0. The van der Waals surface area contributed by atoms with Crippen molar-refractivity contribution in [2.45, 2.75) is 0 Å². The second-order valence-corrected chi connectivity index (χ2v) is 6.80. The second-order valence-electron chi connectivity index (χ2n) is 5.85. The van der Waals surface area contributed by atoms with Crippen molar-refractivity contribution in [3.05, 3.63) is 88.2 Å². The lowest BCUT2D eigenvalue weighted by Crippen LogP contribution is -2.58. The van der Waals surface area contributed by atoms with Crippen LogP contribution in [0.2, 0.25) is 0 Å². The zero-order valence-electron chi connectivity index (χ0n) is 12.9. The molecule has 2 aromatic heterocycles. The predicted molar refractivity (Wildman–Crippen MR) is 102 cm³/mol. The number of thiophene rings is 1. The number of H-pyrrole nitrogens is 1. The molecular weight excluding hydrogens is 312 g/mol. The summed E-state index contributed by atoms with van der Waals surface area (Å²) in [4.78, 5) is 8.11. The molecule has 0 unspecified atom stereocenters. The van der Waals surface area contributed by atoms with Crippen molar-refractivity contribution in [1.29, 1.82) is 0 Å². The summed E-state index contributed by atoms with van der Waals surface area (Å²) in [6.07, 6.45) is 4.25. The van der Waals surface area contributed by atoms with E-state index in [1.54, 1.807) is 11.3 Å². The molecule has 0 spiro atoms. The van der Waals surface area contributed by atoms with E-state index >= 15 is 0 Å². The van der Waals surface area contributed by atoms with E-state index in [1.165, 1.54) is 43.7 Å². The minimum Gasteiger partial charge on any atom is -0.361 e. The number of aromatic nitrogens is 1. The van der Waals surface area contributed by atoms with Crippen molar-refractivity contribution in [2.75, 3.05) is 0 Å². The van der Waals surface area contributed by atoms with Crippen molar-refractivity contribution >= 4 is 45.3 Å². The maximum atomic E-state index is 3.41. The van der Waals surface area contributed by atoms with E-state index in [2.05, 4.69) is 88.4 Å². The lowest BCUT2D eigenvalue weighted by atomic mass is 9.94. The summed E-state index contributed by atoms with van der Waals surface area (Å²) in [7, 11) is 0. The molecule has 3 heterocycles. The van der Waals surface area contributed by atoms with Crippen LogP contribution in [-0.2, 0) is 0 Å². The monoisotopic (exact) mass is 327 g/mol. The van der Waals surface area contributed by atoms with E-state index in [4.69, 9.17) is 0 Å². The summed E-state index contributed by atoms with van der Waals surface area (Å²) in [6.45, 7) is 0. The number of hydrogen-bond acceptors (Lipinski definition) is 1. The zero-order valence-corrected chi connectivity index (χ0v) is 13.7. The maximum Gasteiger partial charge on any atom is 0.211 e. The highest BCUT2D eigenvalue weighted by molar-refractivity contribution is 7.11.